The monoisotopic (exact) mass is 577 g/mol. The molecule has 224 valence electrons. The zero-order chi connectivity index (χ0) is 29.3. The summed E-state index contributed by atoms with van der Waals surface area (Å²) in [4.78, 5) is 18.1. The summed E-state index contributed by atoms with van der Waals surface area (Å²) >= 11 is 0. The predicted molar refractivity (Wildman–Crippen MR) is 160 cm³/mol. The second kappa shape index (κ2) is 12.0. The molecule has 3 saturated heterocycles. The van der Waals surface area contributed by atoms with Crippen molar-refractivity contribution < 1.29 is 18.6 Å². The summed E-state index contributed by atoms with van der Waals surface area (Å²) in [6, 6.07) is 10.1. The zero-order valence-corrected chi connectivity index (χ0v) is 24.8. The average molecular weight is 578 g/mol. The van der Waals surface area contributed by atoms with Crippen molar-refractivity contribution in [3.8, 4) is 22.9 Å². The molecule has 0 radical (unpaired) electrons. The van der Waals surface area contributed by atoms with Crippen molar-refractivity contribution in [2.24, 2.45) is 5.41 Å². The summed E-state index contributed by atoms with van der Waals surface area (Å²) < 4.78 is 32.3. The van der Waals surface area contributed by atoms with Crippen LogP contribution in [0.1, 0.15) is 25.8 Å². The number of hydrogen-bond acceptors (Lipinski definition) is 10. The lowest BCUT2D eigenvalue weighted by Gasteiger charge is -2.43. The van der Waals surface area contributed by atoms with Crippen LogP contribution < -0.4 is 25.0 Å². The Balaban J connectivity index is 1.15. The maximum Gasteiger partial charge on any atom is 0.239 e. The van der Waals surface area contributed by atoms with Crippen LogP contribution in [0.4, 0.5) is 21.8 Å². The van der Waals surface area contributed by atoms with Gasteiger partial charge in [0.25, 0.3) is 0 Å². The van der Waals surface area contributed by atoms with Crippen LogP contribution in [-0.2, 0) is 4.74 Å². The minimum Gasteiger partial charge on any atom is -0.490 e. The van der Waals surface area contributed by atoms with E-state index >= 15 is 0 Å². The molecule has 11 heteroatoms. The van der Waals surface area contributed by atoms with Gasteiger partial charge in [0, 0.05) is 43.7 Å². The van der Waals surface area contributed by atoms with E-state index < -0.39 is 5.82 Å². The van der Waals surface area contributed by atoms with Gasteiger partial charge in [-0.25, -0.2) is 14.4 Å². The van der Waals surface area contributed by atoms with E-state index in [1.165, 1.54) is 6.20 Å². The zero-order valence-electron chi connectivity index (χ0n) is 24.8. The fourth-order valence-electron chi connectivity index (χ4n) is 5.85. The van der Waals surface area contributed by atoms with Gasteiger partial charge in [-0.15, -0.1) is 0 Å². The van der Waals surface area contributed by atoms with Gasteiger partial charge in [-0.1, -0.05) is 13.8 Å². The van der Waals surface area contributed by atoms with Gasteiger partial charge in [0.1, 0.15) is 29.1 Å². The van der Waals surface area contributed by atoms with E-state index in [4.69, 9.17) is 14.2 Å². The highest BCUT2D eigenvalue weighted by atomic mass is 19.1. The van der Waals surface area contributed by atoms with Gasteiger partial charge < -0.3 is 29.7 Å². The summed E-state index contributed by atoms with van der Waals surface area (Å²) in [7, 11) is 1.62. The van der Waals surface area contributed by atoms with Crippen molar-refractivity contribution in [1.29, 1.82) is 0 Å². The number of halogens is 1. The molecular weight excluding hydrogens is 537 g/mol. The molecule has 3 aromatic rings. The third-order valence-electron chi connectivity index (χ3n) is 8.56. The third kappa shape index (κ3) is 5.99. The van der Waals surface area contributed by atoms with Crippen molar-refractivity contribution in [3.63, 3.8) is 0 Å². The number of anilines is 3. The van der Waals surface area contributed by atoms with Crippen LogP contribution in [0.5, 0.6) is 11.6 Å². The molecule has 1 aromatic carbocycles. The Hall–Kier alpha value is -3.54. The Morgan fingerprint density at radius 2 is 1.90 bits per heavy atom. The predicted octanol–water partition coefficient (Wildman–Crippen LogP) is 4.03. The first-order valence-electron chi connectivity index (χ1n) is 14.7. The van der Waals surface area contributed by atoms with Crippen LogP contribution in [0.2, 0.25) is 0 Å². The van der Waals surface area contributed by atoms with Crippen LogP contribution >= 0.6 is 0 Å². The number of benzene rings is 1. The molecule has 2 N–H and O–H groups in total. The molecule has 3 aliphatic heterocycles. The van der Waals surface area contributed by atoms with Gasteiger partial charge in [0.2, 0.25) is 11.8 Å². The summed E-state index contributed by atoms with van der Waals surface area (Å²) in [5.41, 5.74) is 2.76. The van der Waals surface area contributed by atoms with Gasteiger partial charge in [-0.3, -0.25) is 4.90 Å². The van der Waals surface area contributed by atoms with E-state index in [1.807, 2.05) is 37.3 Å². The summed E-state index contributed by atoms with van der Waals surface area (Å²) in [6.45, 7) is 13.6. The lowest BCUT2D eigenvalue weighted by atomic mass is 9.82. The number of aryl methyl sites for hydroxylation is 1. The van der Waals surface area contributed by atoms with Crippen molar-refractivity contribution in [2.75, 3.05) is 69.8 Å². The Morgan fingerprint density at radius 1 is 1.10 bits per heavy atom. The molecule has 0 aliphatic carbocycles. The van der Waals surface area contributed by atoms with Crippen molar-refractivity contribution >= 4 is 17.5 Å². The van der Waals surface area contributed by atoms with Gasteiger partial charge in [-0.2, -0.15) is 4.98 Å². The number of rotatable bonds is 8. The number of pyridine rings is 1. The van der Waals surface area contributed by atoms with Crippen LogP contribution in [0, 0.1) is 18.2 Å². The van der Waals surface area contributed by atoms with E-state index in [2.05, 4.69) is 49.2 Å². The minimum absolute atomic E-state index is 0.0258. The molecule has 3 aliphatic rings. The first-order chi connectivity index (χ1) is 20.3. The Morgan fingerprint density at radius 3 is 2.60 bits per heavy atom. The Bertz CT molecular complexity index is 1410. The number of piperidine rings is 1. The number of hydrogen-bond donors (Lipinski definition) is 2. The maximum absolute atomic E-state index is 14.9. The number of ether oxygens (including phenoxy) is 3. The van der Waals surface area contributed by atoms with Gasteiger partial charge in [-0.05, 0) is 55.8 Å². The highest BCUT2D eigenvalue weighted by molar-refractivity contribution is 5.65. The second-order valence-corrected chi connectivity index (χ2v) is 12.0. The van der Waals surface area contributed by atoms with Gasteiger partial charge >= 0.3 is 0 Å². The van der Waals surface area contributed by atoms with Crippen LogP contribution in [0.3, 0.4) is 0 Å². The summed E-state index contributed by atoms with van der Waals surface area (Å²) in [6.07, 6.45) is 2.23. The molecule has 0 bridgehead atoms. The molecule has 42 heavy (non-hydrogen) atoms. The molecule has 0 amide bonds. The van der Waals surface area contributed by atoms with Crippen LogP contribution in [0.25, 0.3) is 11.3 Å². The third-order valence-corrected chi connectivity index (χ3v) is 8.56. The summed E-state index contributed by atoms with van der Waals surface area (Å²) in [5.74, 6) is 1.59. The fraction of sp³-hybridized carbons (Fsp3) is 0.516. The number of piperazine rings is 1. The normalized spacial score (nSPS) is 21.1. The molecule has 1 unspecified atom stereocenters. The first kappa shape index (κ1) is 28.6. The molecule has 3 fully saturated rings. The standard InChI is InChI=1S/C31H40FN7O3/c1-20-15-21(5-7-25(20)42-26-9-10-33-19-31(26,2)3)28-23(32)16-34-30(37-28)36-27-8-6-24(29(35-27)40-4)39-13-11-38(12-14-39)22-17-41-18-22/h5-8,15-16,22,26,33H,9-14,17-19H2,1-4H3,(H,34,35,36,37). The second-order valence-electron chi connectivity index (χ2n) is 12.0. The molecular formula is C31H40FN7O3. The van der Waals surface area contributed by atoms with Gasteiger partial charge in [0.05, 0.1) is 32.6 Å². The van der Waals surface area contributed by atoms with Crippen molar-refractivity contribution in [3.05, 3.63) is 47.9 Å². The molecule has 5 heterocycles. The Labute approximate surface area is 246 Å². The van der Waals surface area contributed by atoms with E-state index in [0.717, 1.165) is 75.9 Å². The largest absolute Gasteiger partial charge is 0.490 e. The number of methoxy groups -OCH3 is 1. The SMILES string of the molecule is COc1nc(Nc2ncc(F)c(-c3ccc(OC4CCNCC4(C)C)c(C)c3)n2)ccc1N1CCN(C2COC2)CC1. The fourth-order valence-corrected chi connectivity index (χ4v) is 5.85. The number of aromatic nitrogens is 3. The summed E-state index contributed by atoms with van der Waals surface area (Å²) in [5, 5.41) is 6.56. The van der Waals surface area contributed by atoms with E-state index in [0.29, 0.717) is 23.3 Å². The van der Waals surface area contributed by atoms with E-state index in [9.17, 15) is 4.39 Å². The first-order valence-corrected chi connectivity index (χ1v) is 14.7. The lowest BCUT2D eigenvalue weighted by Crippen LogP contribution is -2.56. The lowest BCUT2D eigenvalue weighted by molar-refractivity contribution is -0.0660. The van der Waals surface area contributed by atoms with Crippen LogP contribution in [0.15, 0.2) is 36.5 Å². The Kier molecular flexibility index (Phi) is 8.15. The quantitative estimate of drug-likeness (QED) is 0.409. The maximum atomic E-state index is 14.9. The molecule has 10 nitrogen and oxygen atoms in total. The topological polar surface area (TPSA) is 96.9 Å². The average Bonchev–Trinajstić information content (AvgIpc) is 2.95. The number of nitrogens with one attached hydrogen (secondary N) is 2. The van der Waals surface area contributed by atoms with Crippen molar-refractivity contribution in [1.82, 2.24) is 25.2 Å². The smallest absolute Gasteiger partial charge is 0.239 e. The van der Waals surface area contributed by atoms with Crippen LogP contribution in [-0.4, -0.2) is 91.6 Å². The van der Waals surface area contributed by atoms with E-state index in [-0.39, 0.29) is 23.2 Å². The van der Waals surface area contributed by atoms with Gasteiger partial charge in [0.15, 0.2) is 5.82 Å². The van der Waals surface area contributed by atoms with E-state index in [1.54, 1.807) is 7.11 Å². The number of nitrogens with zero attached hydrogens (tertiary/aromatic N) is 5. The molecule has 1 atom stereocenters. The highest BCUT2D eigenvalue weighted by Gasteiger charge is 2.34. The van der Waals surface area contributed by atoms with Crippen molar-refractivity contribution in [2.45, 2.75) is 39.3 Å². The highest BCUT2D eigenvalue weighted by Crippen LogP contribution is 2.34. The molecule has 0 saturated carbocycles. The molecule has 0 spiro atoms. The minimum atomic E-state index is -0.499. The molecule has 2 aromatic heterocycles. The molecule has 6 rings (SSSR count).